The summed E-state index contributed by atoms with van der Waals surface area (Å²) in [4.78, 5) is 8.34. The summed E-state index contributed by atoms with van der Waals surface area (Å²) in [7, 11) is 0. The lowest BCUT2D eigenvalue weighted by Crippen LogP contribution is -1.87. The van der Waals surface area contributed by atoms with Crippen molar-refractivity contribution in [1.29, 1.82) is 5.26 Å². The lowest BCUT2D eigenvalue weighted by atomic mass is 10.1. The molecule has 2 aromatic heterocycles. The minimum atomic E-state index is -0.719. The number of nitriles is 1. The number of pyridine rings is 1. The Morgan fingerprint density at radius 2 is 1.96 bits per heavy atom. The first-order valence-electron chi connectivity index (χ1n) is 6.60. The molecule has 0 unspecified atom stereocenters. The first kappa shape index (κ1) is 15.0. The smallest absolute Gasteiger partial charge is 0.134 e. The molecule has 23 heavy (non-hydrogen) atoms. The molecule has 0 amide bonds. The average molecular weight is 325 g/mol. The molecule has 0 aliphatic heterocycles. The molecule has 0 fully saturated rings. The number of halogens is 2. The number of hydrogen-bond acceptors (Lipinski definition) is 4. The molecule has 3 aromatic rings. The SMILES string of the molecule is N#C/C(=C/c1ccc(F)cc1F)c1nc(-c2ccncc2)cs1. The predicted octanol–water partition coefficient (Wildman–Crippen LogP) is 4.55. The van der Waals surface area contributed by atoms with Crippen LogP contribution in [0, 0.1) is 23.0 Å². The minimum Gasteiger partial charge on any atom is -0.265 e. The van der Waals surface area contributed by atoms with Crippen LogP contribution in [0.5, 0.6) is 0 Å². The van der Waals surface area contributed by atoms with Crippen molar-refractivity contribution in [1.82, 2.24) is 9.97 Å². The number of rotatable bonds is 3. The van der Waals surface area contributed by atoms with Gasteiger partial charge in [0.05, 0.1) is 11.3 Å². The Hall–Kier alpha value is -2.91. The van der Waals surface area contributed by atoms with E-state index in [1.54, 1.807) is 12.4 Å². The molecule has 0 radical (unpaired) electrons. The Morgan fingerprint density at radius 3 is 2.65 bits per heavy atom. The van der Waals surface area contributed by atoms with Crippen LogP contribution in [0.1, 0.15) is 10.6 Å². The van der Waals surface area contributed by atoms with Gasteiger partial charge in [-0.2, -0.15) is 5.26 Å². The summed E-state index contributed by atoms with van der Waals surface area (Å²) < 4.78 is 26.7. The van der Waals surface area contributed by atoms with Gasteiger partial charge in [0.2, 0.25) is 0 Å². The zero-order valence-corrected chi connectivity index (χ0v) is 12.5. The number of allylic oxidation sites excluding steroid dienone is 1. The molecule has 0 atom stereocenters. The molecule has 0 aliphatic carbocycles. The molecule has 0 aliphatic rings. The molecule has 0 N–H and O–H groups in total. The van der Waals surface area contributed by atoms with Crippen LogP contribution in [0.4, 0.5) is 8.78 Å². The molecule has 0 saturated carbocycles. The van der Waals surface area contributed by atoms with E-state index in [9.17, 15) is 14.0 Å². The van der Waals surface area contributed by atoms with Crippen molar-refractivity contribution in [2.24, 2.45) is 0 Å². The van der Waals surface area contributed by atoms with E-state index in [2.05, 4.69) is 9.97 Å². The van der Waals surface area contributed by atoms with Crippen LogP contribution in [-0.4, -0.2) is 9.97 Å². The second-order valence-corrected chi connectivity index (χ2v) is 5.47. The molecular weight excluding hydrogens is 316 g/mol. The highest BCUT2D eigenvalue weighted by atomic mass is 32.1. The van der Waals surface area contributed by atoms with Crippen LogP contribution in [-0.2, 0) is 0 Å². The van der Waals surface area contributed by atoms with Gasteiger partial charge in [0.1, 0.15) is 22.7 Å². The molecule has 112 valence electrons. The maximum atomic E-state index is 13.7. The van der Waals surface area contributed by atoms with Gasteiger partial charge in [0.25, 0.3) is 0 Å². The van der Waals surface area contributed by atoms with Gasteiger partial charge in [-0.3, -0.25) is 4.98 Å². The third-order valence-electron chi connectivity index (χ3n) is 3.09. The van der Waals surface area contributed by atoms with Crippen molar-refractivity contribution >= 4 is 23.0 Å². The summed E-state index contributed by atoms with van der Waals surface area (Å²) in [5.74, 6) is -1.38. The van der Waals surface area contributed by atoms with Crippen LogP contribution < -0.4 is 0 Å². The Morgan fingerprint density at radius 1 is 1.17 bits per heavy atom. The van der Waals surface area contributed by atoms with E-state index in [0.717, 1.165) is 17.7 Å². The zero-order chi connectivity index (χ0) is 16.2. The number of thiazole rings is 1. The summed E-state index contributed by atoms with van der Waals surface area (Å²) in [5.41, 5.74) is 1.96. The maximum Gasteiger partial charge on any atom is 0.134 e. The number of aromatic nitrogens is 2. The Labute approximate surface area is 135 Å². The van der Waals surface area contributed by atoms with Crippen molar-refractivity contribution in [2.45, 2.75) is 0 Å². The van der Waals surface area contributed by atoms with E-state index in [0.29, 0.717) is 10.7 Å². The van der Waals surface area contributed by atoms with E-state index >= 15 is 0 Å². The van der Waals surface area contributed by atoms with E-state index in [4.69, 9.17) is 0 Å². The average Bonchev–Trinajstić information content (AvgIpc) is 3.05. The van der Waals surface area contributed by atoms with Gasteiger partial charge < -0.3 is 0 Å². The fourth-order valence-electron chi connectivity index (χ4n) is 1.97. The van der Waals surface area contributed by atoms with Crippen LogP contribution in [0.15, 0.2) is 48.1 Å². The minimum absolute atomic E-state index is 0.142. The lowest BCUT2D eigenvalue weighted by Gasteiger charge is -1.98. The fourth-order valence-corrected chi connectivity index (χ4v) is 2.76. The van der Waals surface area contributed by atoms with Crippen LogP contribution in [0.2, 0.25) is 0 Å². The van der Waals surface area contributed by atoms with E-state index < -0.39 is 11.6 Å². The summed E-state index contributed by atoms with van der Waals surface area (Å²) in [5, 5.41) is 11.6. The largest absolute Gasteiger partial charge is 0.265 e. The predicted molar refractivity (Wildman–Crippen MR) is 85.2 cm³/mol. The van der Waals surface area contributed by atoms with Crippen molar-refractivity contribution < 1.29 is 8.78 Å². The molecule has 0 spiro atoms. The quantitative estimate of drug-likeness (QED) is 0.664. The van der Waals surface area contributed by atoms with Crippen LogP contribution >= 0.6 is 11.3 Å². The normalized spacial score (nSPS) is 11.3. The van der Waals surface area contributed by atoms with E-state index in [-0.39, 0.29) is 11.1 Å². The van der Waals surface area contributed by atoms with Gasteiger partial charge in [0.15, 0.2) is 0 Å². The third kappa shape index (κ3) is 3.30. The second-order valence-electron chi connectivity index (χ2n) is 4.61. The summed E-state index contributed by atoms with van der Waals surface area (Å²) in [6.07, 6.45) is 4.68. The van der Waals surface area contributed by atoms with Gasteiger partial charge in [-0.15, -0.1) is 11.3 Å². The van der Waals surface area contributed by atoms with Crippen molar-refractivity contribution in [3.05, 3.63) is 70.3 Å². The van der Waals surface area contributed by atoms with Gasteiger partial charge >= 0.3 is 0 Å². The summed E-state index contributed by atoms with van der Waals surface area (Å²) in [6, 6.07) is 8.86. The van der Waals surface area contributed by atoms with Gasteiger partial charge in [-0.05, 0) is 30.3 Å². The Kier molecular flexibility index (Phi) is 4.22. The summed E-state index contributed by atoms with van der Waals surface area (Å²) >= 11 is 1.29. The number of benzene rings is 1. The molecular formula is C17H9F2N3S. The summed E-state index contributed by atoms with van der Waals surface area (Å²) in [6.45, 7) is 0. The standard InChI is InChI=1S/C17H9F2N3S/c18-14-2-1-12(15(19)8-14)7-13(9-20)17-22-16(10-23-17)11-3-5-21-6-4-11/h1-8,10H/b13-7-. The van der Waals surface area contributed by atoms with Gasteiger partial charge in [-0.25, -0.2) is 13.8 Å². The highest BCUT2D eigenvalue weighted by Gasteiger charge is 2.10. The zero-order valence-electron chi connectivity index (χ0n) is 11.7. The van der Waals surface area contributed by atoms with Crippen LogP contribution in [0.3, 0.4) is 0 Å². The molecule has 1 aromatic carbocycles. The molecule has 3 nitrogen and oxygen atoms in total. The molecule has 3 rings (SSSR count). The highest BCUT2D eigenvalue weighted by Crippen LogP contribution is 2.27. The molecule has 0 saturated heterocycles. The Balaban J connectivity index is 1.97. The van der Waals surface area contributed by atoms with E-state index in [1.165, 1.54) is 23.5 Å². The number of hydrogen-bond donors (Lipinski definition) is 0. The third-order valence-corrected chi connectivity index (χ3v) is 3.97. The van der Waals surface area contributed by atoms with Crippen LogP contribution in [0.25, 0.3) is 22.9 Å². The van der Waals surface area contributed by atoms with Gasteiger partial charge in [0, 0.05) is 35.0 Å². The lowest BCUT2D eigenvalue weighted by molar-refractivity contribution is 0.581. The van der Waals surface area contributed by atoms with Crippen molar-refractivity contribution in [2.75, 3.05) is 0 Å². The molecule has 6 heteroatoms. The number of nitrogens with zero attached hydrogens (tertiary/aromatic N) is 3. The van der Waals surface area contributed by atoms with Crippen molar-refractivity contribution in [3.8, 4) is 17.3 Å². The first-order chi connectivity index (χ1) is 11.2. The highest BCUT2D eigenvalue weighted by molar-refractivity contribution is 7.11. The molecule has 0 bridgehead atoms. The monoisotopic (exact) mass is 325 g/mol. The molecule has 2 heterocycles. The van der Waals surface area contributed by atoms with Gasteiger partial charge in [-0.1, -0.05) is 0 Å². The fraction of sp³-hybridized carbons (Fsp3) is 0. The van der Waals surface area contributed by atoms with Crippen molar-refractivity contribution in [3.63, 3.8) is 0 Å². The maximum absolute atomic E-state index is 13.7. The first-order valence-corrected chi connectivity index (χ1v) is 7.48. The Bertz CT molecular complexity index is 911. The topological polar surface area (TPSA) is 49.6 Å². The second kappa shape index (κ2) is 6.46. The van der Waals surface area contributed by atoms with E-state index in [1.807, 2.05) is 23.6 Å².